The second kappa shape index (κ2) is 5.39. The molecule has 5 nitrogen and oxygen atoms in total. The highest BCUT2D eigenvalue weighted by molar-refractivity contribution is 9.10. The van der Waals surface area contributed by atoms with Crippen molar-refractivity contribution in [3.05, 3.63) is 28.7 Å². The number of rotatable bonds is 4. The van der Waals surface area contributed by atoms with E-state index >= 15 is 0 Å². The number of halogens is 1. The molecule has 1 heterocycles. The first kappa shape index (κ1) is 12.9. The van der Waals surface area contributed by atoms with Gasteiger partial charge < -0.3 is 14.7 Å². The van der Waals surface area contributed by atoms with Crippen molar-refractivity contribution >= 4 is 27.8 Å². The maximum atomic E-state index is 11.9. The van der Waals surface area contributed by atoms with Crippen LogP contribution in [0.25, 0.3) is 0 Å². The summed E-state index contributed by atoms with van der Waals surface area (Å²) in [6.07, 6.45) is -0.0870. The summed E-state index contributed by atoms with van der Waals surface area (Å²) < 4.78 is 6.37. The number of ether oxygens (including phenoxy) is 1. The number of amides is 1. The average molecular weight is 314 g/mol. The SMILES string of the molecule is O=C(O)CN1CCC(Oc2ccccc2Br)C1=O. The van der Waals surface area contributed by atoms with Crippen LogP contribution in [0.3, 0.4) is 0 Å². The Morgan fingerprint density at radius 2 is 2.22 bits per heavy atom. The Bertz CT molecular complexity index is 477. The molecular weight excluding hydrogens is 302 g/mol. The van der Waals surface area contributed by atoms with Crippen LogP contribution in [0, 0.1) is 0 Å². The van der Waals surface area contributed by atoms with Crippen LogP contribution >= 0.6 is 15.9 Å². The first-order valence-corrected chi connectivity index (χ1v) is 6.29. The van der Waals surface area contributed by atoms with Crippen LogP contribution < -0.4 is 4.74 Å². The number of hydrogen-bond donors (Lipinski definition) is 1. The summed E-state index contributed by atoms with van der Waals surface area (Å²) in [4.78, 5) is 23.8. The average Bonchev–Trinajstić information content (AvgIpc) is 2.64. The lowest BCUT2D eigenvalue weighted by Crippen LogP contribution is -2.35. The maximum absolute atomic E-state index is 11.9. The molecule has 1 fully saturated rings. The van der Waals surface area contributed by atoms with Gasteiger partial charge in [0.05, 0.1) is 4.47 Å². The number of carbonyl (C=O) groups excluding carboxylic acids is 1. The number of para-hydroxylation sites is 1. The third kappa shape index (κ3) is 2.81. The molecular formula is C12H12BrNO4. The van der Waals surface area contributed by atoms with Crippen LogP contribution in [-0.2, 0) is 9.59 Å². The van der Waals surface area contributed by atoms with Crippen molar-refractivity contribution in [1.82, 2.24) is 4.90 Å². The van der Waals surface area contributed by atoms with Crippen molar-refractivity contribution in [3.63, 3.8) is 0 Å². The number of likely N-dealkylation sites (tertiary alicyclic amines) is 1. The summed E-state index contributed by atoms with van der Waals surface area (Å²) in [7, 11) is 0. The highest BCUT2D eigenvalue weighted by Crippen LogP contribution is 2.27. The maximum Gasteiger partial charge on any atom is 0.323 e. The summed E-state index contributed by atoms with van der Waals surface area (Å²) in [6.45, 7) is 0.148. The van der Waals surface area contributed by atoms with Gasteiger partial charge in [-0.1, -0.05) is 12.1 Å². The summed E-state index contributed by atoms with van der Waals surface area (Å²) >= 11 is 3.33. The van der Waals surface area contributed by atoms with E-state index in [9.17, 15) is 9.59 Å². The zero-order valence-corrected chi connectivity index (χ0v) is 11.1. The number of carbonyl (C=O) groups is 2. The summed E-state index contributed by atoms with van der Waals surface area (Å²) in [5.74, 6) is -0.689. The summed E-state index contributed by atoms with van der Waals surface area (Å²) in [6, 6.07) is 7.25. The van der Waals surface area contributed by atoms with Crippen molar-refractivity contribution in [1.29, 1.82) is 0 Å². The molecule has 0 saturated carbocycles. The second-order valence-electron chi connectivity index (χ2n) is 3.98. The van der Waals surface area contributed by atoms with Gasteiger partial charge in [0.15, 0.2) is 6.10 Å². The number of carboxylic acid groups (broad SMARTS) is 1. The van der Waals surface area contributed by atoms with Crippen molar-refractivity contribution in [2.75, 3.05) is 13.1 Å². The van der Waals surface area contributed by atoms with Crippen molar-refractivity contribution in [2.45, 2.75) is 12.5 Å². The van der Waals surface area contributed by atoms with Gasteiger partial charge in [-0.25, -0.2) is 0 Å². The molecule has 18 heavy (non-hydrogen) atoms. The third-order valence-corrected chi connectivity index (χ3v) is 3.34. The first-order chi connectivity index (χ1) is 8.58. The van der Waals surface area contributed by atoms with Gasteiger partial charge in [-0.2, -0.15) is 0 Å². The molecule has 1 atom stereocenters. The van der Waals surface area contributed by atoms with Gasteiger partial charge in [0, 0.05) is 13.0 Å². The predicted molar refractivity (Wildman–Crippen MR) is 67.4 cm³/mol. The van der Waals surface area contributed by atoms with Crippen LogP contribution in [0.1, 0.15) is 6.42 Å². The van der Waals surface area contributed by atoms with Gasteiger partial charge in [0.25, 0.3) is 5.91 Å². The van der Waals surface area contributed by atoms with E-state index in [2.05, 4.69) is 15.9 Å². The second-order valence-corrected chi connectivity index (χ2v) is 4.83. The number of benzene rings is 1. The molecule has 0 spiro atoms. The van der Waals surface area contributed by atoms with E-state index in [0.717, 1.165) is 4.47 Å². The largest absolute Gasteiger partial charge is 0.480 e. The van der Waals surface area contributed by atoms with E-state index in [1.807, 2.05) is 18.2 Å². The minimum atomic E-state index is -1.01. The minimum Gasteiger partial charge on any atom is -0.480 e. The Labute approximate surface area is 112 Å². The number of aliphatic carboxylic acids is 1. The molecule has 2 rings (SSSR count). The molecule has 1 amide bonds. The van der Waals surface area contributed by atoms with Crippen LogP contribution in [-0.4, -0.2) is 41.1 Å². The summed E-state index contributed by atoms with van der Waals surface area (Å²) in [5, 5.41) is 8.67. The highest BCUT2D eigenvalue weighted by Gasteiger charge is 2.34. The lowest BCUT2D eigenvalue weighted by Gasteiger charge is -2.15. The Morgan fingerprint density at radius 1 is 1.50 bits per heavy atom. The van der Waals surface area contributed by atoms with Crippen LogP contribution in [0.5, 0.6) is 5.75 Å². The van der Waals surface area contributed by atoms with E-state index in [1.165, 1.54) is 4.90 Å². The normalized spacial score (nSPS) is 19.1. The molecule has 1 aromatic rings. The van der Waals surface area contributed by atoms with Crippen LogP contribution in [0.4, 0.5) is 0 Å². The van der Waals surface area contributed by atoms with Crippen LogP contribution in [0.2, 0.25) is 0 Å². The van der Waals surface area contributed by atoms with Crippen molar-refractivity contribution < 1.29 is 19.4 Å². The highest BCUT2D eigenvalue weighted by atomic mass is 79.9. The molecule has 1 aliphatic heterocycles. The first-order valence-electron chi connectivity index (χ1n) is 5.49. The number of hydrogen-bond acceptors (Lipinski definition) is 3. The third-order valence-electron chi connectivity index (χ3n) is 2.68. The fourth-order valence-electron chi connectivity index (χ4n) is 1.83. The Kier molecular flexibility index (Phi) is 3.86. The fourth-order valence-corrected chi connectivity index (χ4v) is 2.21. The standard InChI is InChI=1S/C12H12BrNO4/c13-8-3-1-2-4-9(8)18-10-5-6-14(12(10)17)7-11(15)16/h1-4,10H,5-7H2,(H,15,16). The Balaban J connectivity index is 2.02. The molecule has 1 saturated heterocycles. The Hall–Kier alpha value is -1.56. The van der Waals surface area contributed by atoms with Gasteiger partial charge in [-0.05, 0) is 28.1 Å². The van der Waals surface area contributed by atoms with Crippen molar-refractivity contribution in [3.8, 4) is 5.75 Å². The van der Waals surface area contributed by atoms with E-state index in [1.54, 1.807) is 6.07 Å². The van der Waals surface area contributed by atoms with E-state index in [0.29, 0.717) is 18.7 Å². The van der Waals surface area contributed by atoms with E-state index in [-0.39, 0.29) is 12.5 Å². The topological polar surface area (TPSA) is 66.8 Å². The molecule has 1 N–H and O–H groups in total. The molecule has 1 unspecified atom stereocenters. The van der Waals surface area contributed by atoms with E-state index < -0.39 is 12.1 Å². The fraction of sp³-hybridized carbons (Fsp3) is 0.333. The minimum absolute atomic E-state index is 0.269. The van der Waals surface area contributed by atoms with Gasteiger partial charge in [0.1, 0.15) is 12.3 Å². The molecule has 0 radical (unpaired) electrons. The molecule has 0 aromatic heterocycles. The lowest BCUT2D eigenvalue weighted by atomic mass is 10.3. The van der Waals surface area contributed by atoms with Gasteiger partial charge in [-0.3, -0.25) is 9.59 Å². The van der Waals surface area contributed by atoms with Crippen LogP contribution in [0.15, 0.2) is 28.7 Å². The molecule has 1 aliphatic rings. The number of carboxylic acids is 1. The predicted octanol–water partition coefficient (Wildman–Crippen LogP) is 1.51. The summed E-state index contributed by atoms with van der Waals surface area (Å²) in [5.41, 5.74) is 0. The van der Waals surface area contributed by atoms with Gasteiger partial charge >= 0.3 is 5.97 Å². The van der Waals surface area contributed by atoms with Gasteiger partial charge in [0.2, 0.25) is 0 Å². The quantitative estimate of drug-likeness (QED) is 0.915. The molecule has 1 aromatic carbocycles. The smallest absolute Gasteiger partial charge is 0.323 e. The zero-order valence-electron chi connectivity index (χ0n) is 9.51. The molecule has 0 aliphatic carbocycles. The van der Waals surface area contributed by atoms with Gasteiger partial charge in [-0.15, -0.1) is 0 Å². The zero-order chi connectivity index (χ0) is 13.1. The number of nitrogens with zero attached hydrogens (tertiary/aromatic N) is 1. The van der Waals surface area contributed by atoms with E-state index in [4.69, 9.17) is 9.84 Å². The molecule has 0 bridgehead atoms. The Morgan fingerprint density at radius 3 is 2.89 bits per heavy atom. The lowest BCUT2D eigenvalue weighted by molar-refractivity contribution is -0.144. The molecule has 6 heteroatoms. The monoisotopic (exact) mass is 313 g/mol. The molecule has 96 valence electrons. The van der Waals surface area contributed by atoms with Crippen molar-refractivity contribution in [2.24, 2.45) is 0 Å².